The number of aromatic nitrogens is 2. The second kappa shape index (κ2) is 6.76. The van der Waals surface area contributed by atoms with E-state index in [4.69, 9.17) is 4.74 Å². The van der Waals surface area contributed by atoms with Gasteiger partial charge in [0.15, 0.2) is 11.9 Å². The Kier molecular flexibility index (Phi) is 4.67. The number of nitrogens with zero attached hydrogens (tertiary/aromatic N) is 1. The number of benzene rings is 1. The van der Waals surface area contributed by atoms with Crippen LogP contribution in [0.3, 0.4) is 0 Å². The first-order chi connectivity index (χ1) is 11.8. The van der Waals surface area contributed by atoms with E-state index in [0.29, 0.717) is 21.6 Å². The molecule has 0 aliphatic carbocycles. The lowest BCUT2D eigenvalue weighted by Gasteiger charge is -2.12. The van der Waals surface area contributed by atoms with E-state index in [-0.39, 0.29) is 17.8 Å². The van der Waals surface area contributed by atoms with Crippen molar-refractivity contribution in [3.63, 3.8) is 0 Å². The van der Waals surface area contributed by atoms with Gasteiger partial charge in [0.2, 0.25) is 0 Å². The van der Waals surface area contributed by atoms with Gasteiger partial charge in [0, 0.05) is 4.88 Å². The quantitative estimate of drug-likeness (QED) is 0.722. The summed E-state index contributed by atoms with van der Waals surface area (Å²) in [5, 5.41) is 0.580. The Balaban J connectivity index is 1.77. The molecular formula is C18H17FN2O3S. The topological polar surface area (TPSA) is 72.0 Å². The van der Waals surface area contributed by atoms with Crippen LogP contribution in [-0.2, 0) is 16.0 Å². The van der Waals surface area contributed by atoms with Crippen LogP contribution in [0.1, 0.15) is 34.9 Å². The summed E-state index contributed by atoms with van der Waals surface area (Å²) in [6, 6.07) is 5.65. The van der Waals surface area contributed by atoms with Crippen LogP contribution >= 0.6 is 11.3 Å². The predicted octanol–water partition coefficient (Wildman–Crippen LogP) is 3.59. The molecule has 3 aromatic rings. The van der Waals surface area contributed by atoms with Gasteiger partial charge in [-0.2, -0.15) is 0 Å². The first-order valence-corrected chi connectivity index (χ1v) is 8.60. The number of esters is 1. The lowest BCUT2D eigenvalue weighted by atomic mass is 10.1. The third kappa shape index (κ3) is 3.61. The SMILES string of the molecule is Cc1sc2nc([C@@H](C)OC(=O)Cc3ccc(F)cc3)[nH]c(=O)c2c1C. The van der Waals surface area contributed by atoms with E-state index in [1.807, 2.05) is 13.8 Å². The van der Waals surface area contributed by atoms with Crippen LogP contribution < -0.4 is 5.56 Å². The fourth-order valence-electron chi connectivity index (χ4n) is 2.53. The van der Waals surface area contributed by atoms with Crippen LogP contribution in [0.2, 0.25) is 0 Å². The molecule has 2 aromatic heterocycles. The van der Waals surface area contributed by atoms with Gasteiger partial charge >= 0.3 is 5.97 Å². The Morgan fingerprint density at radius 2 is 2.00 bits per heavy atom. The number of aryl methyl sites for hydroxylation is 2. The van der Waals surface area contributed by atoms with Gasteiger partial charge in [0.1, 0.15) is 10.6 Å². The van der Waals surface area contributed by atoms with Crippen molar-refractivity contribution in [2.24, 2.45) is 0 Å². The van der Waals surface area contributed by atoms with Gasteiger partial charge in [-0.15, -0.1) is 11.3 Å². The maximum absolute atomic E-state index is 12.9. The van der Waals surface area contributed by atoms with Crippen molar-refractivity contribution in [2.75, 3.05) is 0 Å². The molecular weight excluding hydrogens is 343 g/mol. The van der Waals surface area contributed by atoms with Crippen molar-refractivity contribution in [3.05, 3.63) is 62.3 Å². The average molecular weight is 360 g/mol. The lowest BCUT2D eigenvalue weighted by Crippen LogP contribution is -2.18. The van der Waals surface area contributed by atoms with Crippen molar-refractivity contribution >= 4 is 27.5 Å². The zero-order chi connectivity index (χ0) is 18.1. The van der Waals surface area contributed by atoms with E-state index in [2.05, 4.69) is 9.97 Å². The number of carbonyl (C=O) groups excluding carboxylic acids is 1. The molecule has 0 saturated heterocycles. The Bertz CT molecular complexity index is 992. The summed E-state index contributed by atoms with van der Waals surface area (Å²) in [5.41, 5.74) is 1.34. The smallest absolute Gasteiger partial charge is 0.310 e. The monoisotopic (exact) mass is 360 g/mol. The van der Waals surface area contributed by atoms with Crippen molar-refractivity contribution in [2.45, 2.75) is 33.3 Å². The standard InChI is InChI=1S/C18H17FN2O3S/c1-9-11(3)25-18-15(9)17(23)20-16(21-18)10(2)24-14(22)8-12-4-6-13(19)7-5-12/h4-7,10H,8H2,1-3H3,(H,20,21,23)/t10-/m1/s1. The third-order valence-corrected chi connectivity index (χ3v) is 5.11. The van der Waals surface area contributed by atoms with E-state index in [1.165, 1.54) is 35.6 Å². The fourth-order valence-corrected chi connectivity index (χ4v) is 3.56. The van der Waals surface area contributed by atoms with Crippen LogP contribution in [0.4, 0.5) is 4.39 Å². The van der Waals surface area contributed by atoms with Gasteiger partial charge in [-0.3, -0.25) is 9.59 Å². The molecule has 1 aromatic carbocycles. The fraction of sp³-hybridized carbons (Fsp3) is 0.278. The predicted molar refractivity (Wildman–Crippen MR) is 94.3 cm³/mol. The first-order valence-electron chi connectivity index (χ1n) is 7.79. The molecule has 0 aliphatic heterocycles. The second-order valence-electron chi connectivity index (χ2n) is 5.85. The molecule has 3 rings (SSSR count). The van der Waals surface area contributed by atoms with Crippen LogP contribution in [0.25, 0.3) is 10.2 Å². The molecule has 0 saturated carbocycles. The van der Waals surface area contributed by atoms with Crippen molar-refractivity contribution in [1.29, 1.82) is 0 Å². The number of ether oxygens (including phenoxy) is 1. The summed E-state index contributed by atoms with van der Waals surface area (Å²) in [7, 11) is 0. The third-order valence-electron chi connectivity index (χ3n) is 4.01. The molecule has 0 aliphatic rings. The Labute approximate surface area is 147 Å². The highest BCUT2D eigenvalue weighted by Gasteiger charge is 2.18. The molecule has 2 heterocycles. The summed E-state index contributed by atoms with van der Waals surface area (Å²) < 4.78 is 18.2. The Morgan fingerprint density at radius 1 is 1.32 bits per heavy atom. The number of halogens is 1. The van der Waals surface area contributed by atoms with Gasteiger partial charge in [0.25, 0.3) is 5.56 Å². The maximum Gasteiger partial charge on any atom is 0.310 e. The molecule has 7 heteroatoms. The Hall–Kier alpha value is -2.54. The number of carbonyl (C=O) groups is 1. The molecule has 0 unspecified atom stereocenters. The molecule has 0 bridgehead atoms. The van der Waals surface area contributed by atoms with E-state index in [9.17, 15) is 14.0 Å². The molecule has 1 N–H and O–H groups in total. The minimum Gasteiger partial charge on any atom is -0.454 e. The number of nitrogens with one attached hydrogen (secondary N) is 1. The van der Waals surface area contributed by atoms with Gasteiger partial charge in [-0.05, 0) is 44.0 Å². The first kappa shape index (κ1) is 17.3. The zero-order valence-corrected chi connectivity index (χ0v) is 14.9. The number of rotatable bonds is 4. The summed E-state index contributed by atoms with van der Waals surface area (Å²) in [6.45, 7) is 5.48. The van der Waals surface area contributed by atoms with Gasteiger partial charge < -0.3 is 9.72 Å². The lowest BCUT2D eigenvalue weighted by molar-refractivity contribution is -0.148. The maximum atomic E-state index is 12.9. The number of hydrogen-bond acceptors (Lipinski definition) is 5. The number of hydrogen-bond donors (Lipinski definition) is 1. The van der Waals surface area contributed by atoms with Crippen LogP contribution in [-0.4, -0.2) is 15.9 Å². The minimum atomic E-state index is -0.687. The van der Waals surface area contributed by atoms with Crippen molar-refractivity contribution in [1.82, 2.24) is 9.97 Å². The molecule has 0 fully saturated rings. The van der Waals surface area contributed by atoms with Crippen LogP contribution in [0, 0.1) is 19.7 Å². The largest absolute Gasteiger partial charge is 0.454 e. The molecule has 0 spiro atoms. The molecule has 0 amide bonds. The van der Waals surface area contributed by atoms with Gasteiger partial charge in [-0.1, -0.05) is 12.1 Å². The highest BCUT2D eigenvalue weighted by Crippen LogP contribution is 2.27. The van der Waals surface area contributed by atoms with E-state index in [0.717, 1.165) is 10.4 Å². The zero-order valence-electron chi connectivity index (χ0n) is 14.1. The highest BCUT2D eigenvalue weighted by atomic mass is 32.1. The summed E-state index contributed by atoms with van der Waals surface area (Å²) in [4.78, 5) is 33.1. The molecule has 5 nitrogen and oxygen atoms in total. The summed E-state index contributed by atoms with van der Waals surface area (Å²) in [5.74, 6) is -0.520. The van der Waals surface area contributed by atoms with Crippen molar-refractivity contribution < 1.29 is 13.9 Å². The number of thiophene rings is 1. The number of fused-ring (bicyclic) bond motifs is 1. The average Bonchev–Trinajstić information content (AvgIpc) is 2.84. The highest BCUT2D eigenvalue weighted by molar-refractivity contribution is 7.18. The molecule has 25 heavy (non-hydrogen) atoms. The second-order valence-corrected chi connectivity index (χ2v) is 7.05. The molecule has 0 radical (unpaired) electrons. The minimum absolute atomic E-state index is 0.0221. The summed E-state index contributed by atoms with van der Waals surface area (Å²) in [6.07, 6.45) is -0.665. The Morgan fingerprint density at radius 3 is 2.68 bits per heavy atom. The molecule has 1 atom stereocenters. The van der Waals surface area contributed by atoms with E-state index < -0.39 is 12.1 Å². The normalized spacial score (nSPS) is 12.3. The van der Waals surface area contributed by atoms with Gasteiger partial charge in [-0.25, -0.2) is 9.37 Å². The van der Waals surface area contributed by atoms with E-state index in [1.54, 1.807) is 6.92 Å². The van der Waals surface area contributed by atoms with Crippen LogP contribution in [0.15, 0.2) is 29.1 Å². The summed E-state index contributed by atoms with van der Waals surface area (Å²) >= 11 is 1.44. The van der Waals surface area contributed by atoms with Crippen LogP contribution in [0.5, 0.6) is 0 Å². The number of H-pyrrole nitrogens is 1. The molecule has 130 valence electrons. The van der Waals surface area contributed by atoms with E-state index >= 15 is 0 Å². The van der Waals surface area contributed by atoms with Gasteiger partial charge in [0.05, 0.1) is 11.8 Å². The van der Waals surface area contributed by atoms with Crippen molar-refractivity contribution in [3.8, 4) is 0 Å². The number of aromatic amines is 1.